The average molecular weight is 755 g/mol. The van der Waals surface area contributed by atoms with Crippen molar-refractivity contribution < 1.29 is 28.5 Å². The minimum Gasteiger partial charge on any atom is -0.494 e. The Kier molecular flexibility index (Phi) is 10.4. The molecule has 4 rings (SSSR count). The zero-order chi connectivity index (χ0) is 29.7. The number of rotatable bonds is 10. The van der Waals surface area contributed by atoms with Gasteiger partial charge in [0.1, 0.15) is 11.5 Å². The van der Waals surface area contributed by atoms with Crippen LogP contribution < -0.4 is 24.4 Å². The van der Waals surface area contributed by atoms with Crippen LogP contribution in [0.25, 0.3) is 6.08 Å². The number of carbonyl (C=O) groups excluding carboxylic acids is 2. The third-order valence-corrected chi connectivity index (χ3v) is 8.23. The summed E-state index contributed by atoms with van der Waals surface area (Å²) in [6.07, 6.45) is 1.70. The minimum absolute atomic E-state index is 0.187. The summed E-state index contributed by atoms with van der Waals surface area (Å²) in [5, 5.41) is 0. The fourth-order valence-electron chi connectivity index (χ4n) is 4.33. The van der Waals surface area contributed by atoms with E-state index in [1.165, 1.54) is 15.9 Å². The number of fused-ring (bicyclic) bond motifs is 1. The third kappa shape index (κ3) is 6.92. The van der Waals surface area contributed by atoms with Crippen molar-refractivity contribution in [3.63, 3.8) is 0 Å². The molecular weight excluding hydrogens is 727 g/mol. The van der Waals surface area contributed by atoms with Gasteiger partial charge < -0.3 is 18.9 Å². The van der Waals surface area contributed by atoms with Gasteiger partial charge in [-0.15, -0.1) is 0 Å². The van der Waals surface area contributed by atoms with E-state index in [1.807, 2.05) is 37.3 Å². The SMILES string of the molecule is CCOC(=O)COc1c(I)cc(Br)cc1/C=c1\sc2n(c1=O)[C@H](c1ccc(OCC)cc1)C(C(=O)OCC)=C(C)N=2. The van der Waals surface area contributed by atoms with Gasteiger partial charge in [-0.2, -0.15) is 0 Å². The maximum atomic E-state index is 14.0. The Hall–Kier alpha value is -2.97. The molecule has 0 spiro atoms. The maximum absolute atomic E-state index is 14.0. The Morgan fingerprint density at radius 3 is 2.44 bits per heavy atom. The molecule has 2 heterocycles. The van der Waals surface area contributed by atoms with Gasteiger partial charge in [-0.3, -0.25) is 9.36 Å². The van der Waals surface area contributed by atoms with Gasteiger partial charge in [0, 0.05) is 10.0 Å². The highest BCUT2D eigenvalue weighted by Gasteiger charge is 2.33. The molecule has 0 saturated heterocycles. The molecule has 0 saturated carbocycles. The van der Waals surface area contributed by atoms with Crippen LogP contribution in [0.4, 0.5) is 0 Å². The van der Waals surface area contributed by atoms with Gasteiger partial charge in [0.05, 0.1) is 45.2 Å². The Labute approximate surface area is 262 Å². The van der Waals surface area contributed by atoms with Crippen molar-refractivity contribution in [2.75, 3.05) is 26.4 Å². The van der Waals surface area contributed by atoms with Crippen molar-refractivity contribution in [3.05, 3.63) is 86.5 Å². The van der Waals surface area contributed by atoms with Crippen LogP contribution in [0.2, 0.25) is 0 Å². The van der Waals surface area contributed by atoms with E-state index in [2.05, 4.69) is 43.5 Å². The molecule has 1 aromatic heterocycles. The van der Waals surface area contributed by atoms with Gasteiger partial charge >= 0.3 is 11.9 Å². The summed E-state index contributed by atoms with van der Waals surface area (Å²) in [6, 6.07) is 10.2. The van der Waals surface area contributed by atoms with Crippen LogP contribution in [0.1, 0.15) is 44.9 Å². The predicted molar refractivity (Wildman–Crippen MR) is 167 cm³/mol. The van der Waals surface area contributed by atoms with E-state index < -0.39 is 18.0 Å². The van der Waals surface area contributed by atoms with Crippen molar-refractivity contribution in [3.8, 4) is 11.5 Å². The average Bonchev–Trinajstić information content (AvgIpc) is 3.22. The number of nitrogens with zero attached hydrogens (tertiary/aromatic N) is 2. The largest absolute Gasteiger partial charge is 0.494 e. The number of allylic oxidation sites excluding steroid dienone is 1. The van der Waals surface area contributed by atoms with Gasteiger partial charge in [0.25, 0.3) is 5.56 Å². The van der Waals surface area contributed by atoms with Crippen LogP contribution in [0.3, 0.4) is 0 Å². The lowest BCUT2D eigenvalue weighted by Crippen LogP contribution is -2.39. The molecule has 41 heavy (non-hydrogen) atoms. The molecule has 1 aliphatic rings. The van der Waals surface area contributed by atoms with Crippen molar-refractivity contribution >= 4 is 67.9 Å². The second-order valence-corrected chi connectivity index (χ2v) is 11.8. The summed E-state index contributed by atoms with van der Waals surface area (Å²) in [4.78, 5) is 44.2. The molecule has 0 amide bonds. The van der Waals surface area contributed by atoms with Gasteiger partial charge in [-0.1, -0.05) is 39.4 Å². The highest BCUT2D eigenvalue weighted by atomic mass is 127. The molecule has 3 aromatic rings. The summed E-state index contributed by atoms with van der Waals surface area (Å²) < 4.78 is 25.2. The summed E-state index contributed by atoms with van der Waals surface area (Å²) in [5.74, 6) is 0.104. The molecule has 9 nitrogen and oxygen atoms in total. The topological polar surface area (TPSA) is 105 Å². The van der Waals surface area contributed by atoms with Gasteiger partial charge in [0.2, 0.25) is 0 Å². The summed E-state index contributed by atoms with van der Waals surface area (Å²) in [5.41, 5.74) is 1.76. The lowest BCUT2D eigenvalue weighted by Gasteiger charge is -2.24. The van der Waals surface area contributed by atoms with E-state index in [9.17, 15) is 14.4 Å². The molecule has 0 unspecified atom stereocenters. The van der Waals surface area contributed by atoms with Crippen LogP contribution in [-0.2, 0) is 19.1 Å². The van der Waals surface area contributed by atoms with E-state index in [4.69, 9.17) is 18.9 Å². The Balaban J connectivity index is 1.88. The first-order chi connectivity index (χ1) is 19.7. The molecule has 0 bridgehead atoms. The van der Waals surface area contributed by atoms with Crippen molar-refractivity contribution in [1.29, 1.82) is 0 Å². The van der Waals surface area contributed by atoms with E-state index in [0.29, 0.717) is 49.8 Å². The zero-order valence-corrected chi connectivity index (χ0v) is 27.4. The lowest BCUT2D eigenvalue weighted by molar-refractivity contribution is -0.145. The second kappa shape index (κ2) is 13.8. The first kappa shape index (κ1) is 31.0. The van der Waals surface area contributed by atoms with Crippen LogP contribution in [0, 0.1) is 3.57 Å². The first-order valence-corrected chi connectivity index (χ1v) is 15.6. The van der Waals surface area contributed by atoms with Crippen LogP contribution >= 0.6 is 49.9 Å². The number of ether oxygens (including phenoxy) is 4. The molecule has 0 N–H and O–H groups in total. The molecule has 0 aliphatic carbocycles. The van der Waals surface area contributed by atoms with Gasteiger partial charge in [-0.25, -0.2) is 14.6 Å². The van der Waals surface area contributed by atoms with Crippen molar-refractivity contribution in [1.82, 2.24) is 4.57 Å². The fourth-order valence-corrected chi connectivity index (χ4v) is 7.08. The Morgan fingerprint density at radius 1 is 1.07 bits per heavy atom. The molecular formula is C29H28BrIN2O7S. The second-order valence-electron chi connectivity index (χ2n) is 8.70. The Morgan fingerprint density at radius 2 is 1.78 bits per heavy atom. The smallest absolute Gasteiger partial charge is 0.344 e. The summed E-state index contributed by atoms with van der Waals surface area (Å²) >= 11 is 6.82. The molecule has 2 aromatic carbocycles. The number of hydrogen-bond acceptors (Lipinski definition) is 9. The lowest BCUT2D eigenvalue weighted by atomic mass is 9.96. The van der Waals surface area contributed by atoms with Crippen LogP contribution in [0.15, 0.2) is 61.9 Å². The molecule has 0 radical (unpaired) electrons. The summed E-state index contributed by atoms with van der Waals surface area (Å²) in [6.45, 7) is 7.77. The van der Waals surface area contributed by atoms with Crippen LogP contribution in [0.5, 0.6) is 11.5 Å². The summed E-state index contributed by atoms with van der Waals surface area (Å²) in [7, 11) is 0. The van der Waals surface area contributed by atoms with Crippen molar-refractivity contribution in [2.24, 2.45) is 4.99 Å². The first-order valence-electron chi connectivity index (χ1n) is 12.9. The number of carbonyl (C=O) groups is 2. The number of halogens is 2. The highest BCUT2D eigenvalue weighted by molar-refractivity contribution is 14.1. The Bertz CT molecular complexity index is 1680. The standard InChI is InChI=1S/C29H28BrIN2O7S/c1-5-37-20-10-8-17(9-11-20)25-24(28(36)39-7-3)16(4)32-29-33(25)27(35)22(41-29)13-18-12-19(30)14-21(31)26(18)40-15-23(34)38-6-2/h8-14,25H,5-7,15H2,1-4H3/b22-13-/t25-/m1/s1. The number of esters is 2. The zero-order valence-electron chi connectivity index (χ0n) is 22.9. The van der Waals surface area contributed by atoms with E-state index in [0.717, 1.165) is 8.04 Å². The van der Waals surface area contributed by atoms with E-state index >= 15 is 0 Å². The number of benzene rings is 2. The van der Waals surface area contributed by atoms with Gasteiger partial charge in [0.15, 0.2) is 11.4 Å². The van der Waals surface area contributed by atoms with E-state index in [1.54, 1.807) is 32.9 Å². The van der Waals surface area contributed by atoms with Gasteiger partial charge in [-0.05, 0) is 86.2 Å². The molecule has 1 atom stereocenters. The monoisotopic (exact) mass is 754 g/mol. The number of aromatic nitrogens is 1. The number of thiazole rings is 1. The normalized spacial score (nSPS) is 14.8. The van der Waals surface area contributed by atoms with Crippen LogP contribution in [-0.4, -0.2) is 42.9 Å². The third-order valence-electron chi connectivity index (χ3n) is 5.99. The highest BCUT2D eigenvalue weighted by Crippen LogP contribution is 2.33. The fraction of sp³-hybridized carbons (Fsp3) is 0.310. The maximum Gasteiger partial charge on any atom is 0.344 e. The quantitative estimate of drug-likeness (QED) is 0.222. The number of hydrogen-bond donors (Lipinski definition) is 0. The molecule has 0 fully saturated rings. The predicted octanol–water partition coefficient (Wildman–Crippen LogP) is 4.51. The van der Waals surface area contributed by atoms with E-state index in [-0.39, 0.29) is 25.4 Å². The van der Waals surface area contributed by atoms with Crippen molar-refractivity contribution in [2.45, 2.75) is 33.7 Å². The molecule has 1 aliphatic heterocycles. The minimum atomic E-state index is -0.745. The molecule has 12 heteroatoms. The molecule has 216 valence electrons.